The average molecular weight is 191 g/mol. The molecule has 0 spiro atoms. The Kier molecular flexibility index (Phi) is 3.85. The number of hydrogen-bond acceptors (Lipinski definition) is 1. The second-order valence-corrected chi connectivity index (χ2v) is 4.32. The molecule has 0 amide bonds. The molecule has 1 rings (SSSR count). The number of ether oxygens (including phenoxy) is 1. The maximum absolute atomic E-state index is 5.93. The van der Waals surface area contributed by atoms with Crippen LogP contribution in [0.2, 0.25) is 0 Å². The predicted molar refractivity (Wildman–Crippen MR) is 52.7 cm³/mol. The van der Waals surface area contributed by atoms with Gasteiger partial charge in [0, 0.05) is 19.6 Å². The second kappa shape index (κ2) is 4.48. The summed E-state index contributed by atoms with van der Waals surface area (Å²) < 4.78 is 5.00. The highest BCUT2D eigenvalue weighted by molar-refractivity contribution is 6.18. The van der Waals surface area contributed by atoms with Crippen LogP contribution >= 0.6 is 11.6 Å². The van der Waals surface area contributed by atoms with Gasteiger partial charge < -0.3 is 4.74 Å². The third-order valence-corrected chi connectivity index (χ3v) is 3.67. The summed E-state index contributed by atoms with van der Waals surface area (Å²) in [6, 6.07) is 0. The number of methoxy groups -OCH3 is 1. The van der Waals surface area contributed by atoms with Crippen LogP contribution in [0.25, 0.3) is 0 Å². The summed E-state index contributed by atoms with van der Waals surface area (Å²) in [5, 5.41) is 0. The first-order valence-electron chi connectivity index (χ1n) is 4.80. The molecular weight excluding hydrogens is 172 g/mol. The maximum atomic E-state index is 5.93. The largest absolute Gasteiger partial charge is 0.385 e. The molecule has 0 N–H and O–H groups in total. The Morgan fingerprint density at radius 2 is 2.17 bits per heavy atom. The molecule has 1 nitrogen and oxygen atoms in total. The van der Waals surface area contributed by atoms with Gasteiger partial charge in [-0.05, 0) is 30.6 Å². The summed E-state index contributed by atoms with van der Waals surface area (Å²) in [5.41, 5.74) is 0.509. The van der Waals surface area contributed by atoms with Crippen molar-refractivity contribution in [1.82, 2.24) is 0 Å². The minimum atomic E-state index is 0.509. The highest BCUT2D eigenvalue weighted by Crippen LogP contribution is 2.56. The van der Waals surface area contributed by atoms with Crippen LogP contribution in [0, 0.1) is 11.3 Å². The standard InChI is InChI=1S/C10H19ClO/c1-9-7-10(9,8-11)5-3-4-6-12-2/h9H,3-8H2,1-2H3. The van der Waals surface area contributed by atoms with Crippen LogP contribution in [0.3, 0.4) is 0 Å². The SMILES string of the molecule is COCCCCC1(CCl)CC1C. The third-order valence-electron chi connectivity index (χ3n) is 3.14. The second-order valence-electron chi connectivity index (χ2n) is 4.05. The molecule has 0 saturated heterocycles. The van der Waals surface area contributed by atoms with E-state index in [1.165, 1.54) is 25.7 Å². The molecule has 0 aromatic rings. The van der Waals surface area contributed by atoms with Gasteiger partial charge in [-0.1, -0.05) is 13.3 Å². The minimum Gasteiger partial charge on any atom is -0.385 e. The van der Waals surface area contributed by atoms with Gasteiger partial charge in [0.2, 0.25) is 0 Å². The molecule has 0 aromatic carbocycles. The van der Waals surface area contributed by atoms with Gasteiger partial charge in [-0.2, -0.15) is 0 Å². The molecule has 0 heterocycles. The lowest BCUT2D eigenvalue weighted by Crippen LogP contribution is -2.05. The Bertz CT molecular complexity index is 134. The molecule has 0 aromatic heterocycles. The lowest BCUT2D eigenvalue weighted by atomic mass is 9.99. The fourth-order valence-electron chi connectivity index (χ4n) is 1.88. The van der Waals surface area contributed by atoms with Crippen molar-refractivity contribution in [3.8, 4) is 0 Å². The number of halogens is 1. The Balaban J connectivity index is 2.06. The predicted octanol–water partition coefficient (Wildman–Crippen LogP) is 3.07. The molecular formula is C10H19ClO. The first-order valence-corrected chi connectivity index (χ1v) is 5.33. The number of hydrogen-bond donors (Lipinski definition) is 0. The van der Waals surface area contributed by atoms with Gasteiger partial charge in [-0.15, -0.1) is 11.6 Å². The van der Waals surface area contributed by atoms with E-state index in [9.17, 15) is 0 Å². The molecule has 1 aliphatic rings. The van der Waals surface area contributed by atoms with Crippen molar-refractivity contribution in [3.05, 3.63) is 0 Å². The first kappa shape index (κ1) is 10.3. The highest BCUT2D eigenvalue weighted by atomic mass is 35.5. The van der Waals surface area contributed by atoms with Crippen LogP contribution < -0.4 is 0 Å². The smallest absolute Gasteiger partial charge is 0.0462 e. The summed E-state index contributed by atoms with van der Waals surface area (Å²) in [4.78, 5) is 0. The average Bonchev–Trinajstić information content (AvgIpc) is 2.72. The Labute approximate surface area is 80.4 Å². The van der Waals surface area contributed by atoms with Crippen LogP contribution in [-0.4, -0.2) is 19.6 Å². The van der Waals surface area contributed by atoms with Crippen molar-refractivity contribution in [1.29, 1.82) is 0 Å². The fourth-order valence-corrected chi connectivity index (χ4v) is 2.38. The summed E-state index contributed by atoms with van der Waals surface area (Å²) in [5.74, 6) is 1.71. The highest BCUT2D eigenvalue weighted by Gasteiger charge is 2.49. The Morgan fingerprint density at radius 3 is 2.58 bits per heavy atom. The maximum Gasteiger partial charge on any atom is 0.0462 e. The van der Waals surface area contributed by atoms with Crippen molar-refractivity contribution < 1.29 is 4.74 Å². The monoisotopic (exact) mass is 190 g/mol. The van der Waals surface area contributed by atoms with E-state index >= 15 is 0 Å². The Hall–Kier alpha value is 0.250. The topological polar surface area (TPSA) is 9.23 Å². The molecule has 12 heavy (non-hydrogen) atoms. The van der Waals surface area contributed by atoms with Crippen molar-refractivity contribution in [2.24, 2.45) is 11.3 Å². The zero-order valence-corrected chi connectivity index (χ0v) is 8.86. The van der Waals surface area contributed by atoms with Gasteiger partial charge in [-0.3, -0.25) is 0 Å². The molecule has 0 aliphatic heterocycles. The zero-order chi connectivity index (χ0) is 9.03. The van der Waals surface area contributed by atoms with Gasteiger partial charge in [0.25, 0.3) is 0 Å². The van der Waals surface area contributed by atoms with E-state index in [0.717, 1.165) is 18.4 Å². The van der Waals surface area contributed by atoms with E-state index in [-0.39, 0.29) is 0 Å². The quantitative estimate of drug-likeness (QED) is 0.462. The van der Waals surface area contributed by atoms with Crippen molar-refractivity contribution in [2.45, 2.75) is 32.6 Å². The molecule has 2 unspecified atom stereocenters. The molecule has 1 fully saturated rings. The lowest BCUT2D eigenvalue weighted by molar-refractivity contribution is 0.189. The first-order chi connectivity index (χ1) is 5.75. The zero-order valence-electron chi connectivity index (χ0n) is 8.11. The number of alkyl halides is 1. The van der Waals surface area contributed by atoms with Gasteiger partial charge in [0.05, 0.1) is 0 Å². The molecule has 1 aliphatic carbocycles. The van der Waals surface area contributed by atoms with Gasteiger partial charge in [0.15, 0.2) is 0 Å². The number of unbranched alkanes of at least 4 members (excludes halogenated alkanes) is 1. The van der Waals surface area contributed by atoms with Crippen LogP contribution in [0.4, 0.5) is 0 Å². The normalized spacial score (nSPS) is 33.8. The molecule has 1 saturated carbocycles. The summed E-state index contributed by atoms with van der Waals surface area (Å²) in [6.07, 6.45) is 5.08. The van der Waals surface area contributed by atoms with E-state index in [4.69, 9.17) is 16.3 Å². The number of rotatable bonds is 6. The molecule has 0 bridgehead atoms. The molecule has 2 heteroatoms. The van der Waals surface area contributed by atoms with Crippen LogP contribution in [0.15, 0.2) is 0 Å². The van der Waals surface area contributed by atoms with Crippen LogP contribution in [-0.2, 0) is 4.74 Å². The van der Waals surface area contributed by atoms with Crippen LogP contribution in [0.5, 0.6) is 0 Å². The minimum absolute atomic E-state index is 0.509. The Morgan fingerprint density at radius 1 is 1.50 bits per heavy atom. The lowest BCUT2D eigenvalue weighted by Gasteiger charge is -2.11. The van der Waals surface area contributed by atoms with Crippen molar-refractivity contribution >= 4 is 11.6 Å². The van der Waals surface area contributed by atoms with E-state index in [2.05, 4.69) is 6.92 Å². The van der Waals surface area contributed by atoms with Gasteiger partial charge in [-0.25, -0.2) is 0 Å². The molecule has 72 valence electrons. The van der Waals surface area contributed by atoms with Gasteiger partial charge >= 0.3 is 0 Å². The van der Waals surface area contributed by atoms with Crippen LogP contribution in [0.1, 0.15) is 32.6 Å². The molecule has 2 atom stereocenters. The third kappa shape index (κ3) is 2.37. The van der Waals surface area contributed by atoms with Crippen molar-refractivity contribution in [3.63, 3.8) is 0 Å². The van der Waals surface area contributed by atoms with Gasteiger partial charge in [0.1, 0.15) is 0 Å². The van der Waals surface area contributed by atoms with Crippen molar-refractivity contribution in [2.75, 3.05) is 19.6 Å². The van der Waals surface area contributed by atoms with E-state index in [1.807, 2.05) is 0 Å². The van der Waals surface area contributed by atoms with E-state index in [0.29, 0.717) is 5.41 Å². The van der Waals surface area contributed by atoms with E-state index < -0.39 is 0 Å². The fraction of sp³-hybridized carbons (Fsp3) is 1.00. The molecule has 0 radical (unpaired) electrons. The summed E-state index contributed by atoms with van der Waals surface area (Å²) >= 11 is 5.93. The summed E-state index contributed by atoms with van der Waals surface area (Å²) in [7, 11) is 1.76. The summed E-state index contributed by atoms with van der Waals surface area (Å²) in [6.45, 7) is 3.20. The van der Waals surface area contributed by atoms with E-state index in [1.54, 1.807) is 7.11 Å².